The van der Waals surface area contributed by atoms with Crippen LogP contribution >= 0.6 is 38.9 Å². The maximum absolute atomic E-state index is 13.6. The summed E-state index contributed by atoms with van der Waals surface area (Å²) in [6, 6.07) is 6.43. The van der Waals surface area contributed by atoms with E-state index in [0.29, 0.717) is 10.6 Å². The van der Waals surface area contributed by atoms with Crippen LogP contribution < -0.4 is 0 Å². The van der Waals surface area contributed by atoms with Gasteiger partial charge in [-0.05, 0) is 46.6 Å². The fourth-order valence-electron chi connectivity index (χ4n) is 1.67. The van der Waals surface area contributed by atoms with Crippen LogP contribution in [0.2, 0.25) is 5.02 Å². The second-order valence-corrected chi connectivity index (χ2v) is 6.83. The molecular formula is C13H11BrClFOS. The summed E-state index contributed by atoms with van der Waals surface area (Å²) in [5.41, 5.74) is 1.42. The molecule has 0 aliphatic carbocycles. The Kier molecular flexibility index (Phi) is 4.43. The molecular weight excluding hydrogens is 339 g/mol. The molecule has 0 saturated heterocycles. The van der Waals surface area contributed by atoms with E-state index >= 15 is 0 Å². The number of hydrogen-bond acceptors (Lipinski definition) is 2. The molecule has 1 unspecified atom stereocenters. The molecule has 18 heavy (non-hydrogen) atoms. The highest BCUT2D eigenvalue weighted by Gasteiger charge is 2.17. The van der Waals surface area contributed by atoms with Crippen molar-refractivity contribution in [3.63, 3.8) is 0 Å². The first kappa shape index (κ1) is 14.0. The third kappa shape index (κ3) is 2.94. The number of aryl methyl sites for hydroxylation is 1. The standard InChI is InChI=1S/C13H11BrClFOS/c1-7-5-12(18-13(7)14)11(17)6-8-9(15)3-2-4-10(8)16/h2-5,11,17H,6H2,1H3. The van der Waals surface area contributed by atoms with Gasteiger partial charge < -0.3 is 5.11 Å². The van der Waals surface area contributed by atoms with E-state index in [2.05, 4.69) is 15.9 Å². The van der Waals surface area contributed by atoms with Crippen LogP contribution in [0, 0.1) is 12.7 Å². The third-order valence-corrected chi connectivity index (χ3v) is 5.26. The highest BCUT2D eigenvalue weighted by Crippen LogP contribution is 2.34. The van der Waals surface area contributed by atoms with E-state index in [4.69, 9.17) is 11.6 Å². The minimum atomic E-state index is -0.741. The number of halogens is 3. The molecule has 0 amide bonds. The lowest BCUT2D eigenvalue weighted by Crippen LogP contribution is -2.02. The molecule has 0 aliphatic heterocycles. The maximum Gasteiger partial charge on any atom is 0.127 e. The molecule has 0 spiro atoms. The summed E-state index contributed by atoms with van der Waals surface area (Å²) in [7, 11) is 0. The second kappa shape index (κ2) is 5.70. The van der Waals surface area contributed by atoms with E-state index in [9.17, 15) is 9.50 Å². The summed E-state index contributed by atoms with van der Waals surface area (Å²) in [6.07, 6.45) is -0.563. The lowest BCUT2D eigenvalue weighted by atomic mass is 10.1. The predicted molar refractivity (Wildman–Crippen MR) is 76.8 cm³/mol. The van der Waals surface area contributed by atoms with Gasteiger partial charge in [0.15, 0.2) is 0 Å². The lowest BCUT2D eigenvalue weighted by Gasteiger charge is -2.10. The molecule has 2 rings (SSSR count). The lowest BCUT2D eigenvalue weighted by molar-refractivity contribution is 0.181. The monoisotopic (exact) mass is 348 g/mol. The van der Waals surface area contributed by atoms with Crippen LogP contribution in [-0.2, 0) is 6.42 Å². The number of aliphatic hydroxyl groups is 1. The molecule has 1 aromatic carbocycles. The SMILES string of the molecule is Cc1cc(C(O)Cc2c(F)cccc2Cl)sc1Br. The number of rotatable bonds is 3. The molecule has 1 atom stereocenters. The van der Waals surface area contributed by atoms with E-state index in [0.717, 1.165) is 14.2 Å². The van der Waals surface area contributed by atoms with Crippen LogP contribution in [0.4, 0.5) is 4.39 Å². The summed E-state index contributed by atoms with van der Waals surface area (Å²) in [6.45, 7) is 1.95. The molecule has 2 aromatic rings. The highest BCUT2D eigenvalue weighted by atomic mass is 79.9. The fourth-order valence-corrected chi connectivity index (χ4v) is 3.47. The third-order valence-electron chi connectivity index (χ3n) is 2.66. The Morgan fingerprint density at radius 1 is 1.50 bits per heavy atom. The fraction of sp³-hybridized carbons (Fsp3) is 0.231. The van der Waals surface area contributed by atoms with Crippen molar-refractivity contribution in [3.8, 4) is 0 Å². The van der Waals surface area contributed by atoms with Gasteiger partial charge in [-0.3, -0.25) is 0 Å². The van der Waals surface area contributed by atoms with Gasteiger partial charge in [0.2, 0.25) is 0 Å². The summed E-state index contributed by atoms with van der Waals surface area (Å²) in [5.74, 6) is -0.381. The van der Waals surface area contributed by atoms with Gasteiger partial charge in [-0.25, -0.2) is 4.39 Å². The molecule has 1 nitrogen and oxygen atoms in total. The molecule has 0 radical (unpaired) electrons. The smallest absolute Gasteiger partial charge is 0.127 e. The Labute approximate surface area is 122 Å². The van der Waals surface area contributed by atoms with Gasteiger partial charge in [0.25, 0.3) is 0 Å². The van der Waals surface area contributed by atoms with Crippen molar-refractivity contribution in [1.29, 1.82) is 0 Å². The zero-order valence-electron chi connectivity index (χ0n) is 9.58. The van der Waals surface area contributed by atoms with E-state index in [-0.39, 0.29) is 12.2 Å². The summed E-state index contributed by atoms with van der Waals surface area (Å²) in [4.78, 5) is 0.804. The minimum absolute atomic E-state index is 0.178. The number of hydrogen-bond donors (Lipinski definition) is 1. The van der Waals surface area contributed by atoms with Crippen LogP contribution in [-0.4, -0.2) is 5.11 Å². The van der Waals surface area contributed by atoms with E-state index in [1.54, 1.807) is 12.1 Å². The average Bonchev–Trinajstić information content (AvgIpc) is 2.64. The molecule has 0 bridgehead atoms. The number of benzene rings is 1. The van der Waals surface area contributed by atoms with Gasteiger partial charge in [0.05, 0.1) is 9.89 Å². The van der Waals surface area contributed by atoms with E-state index < -0.39 is 6.10 Å². The van der Waals surface area contributed by atoms with Crippen molar-refractivity contribution in [3.05, 3.63) is 54.9 Å². The normalized spacial score (nSPS) is 12.7. The molecule has 0 fully saturated rings. The van der Waals surface area contributed by atoms with Crippen molar-refractivity contribution in [2.75, 3.05) is 0 Å². The van der Waals surface area contributed by atoms with Crippen LogP contribution in [0.25, 0.3) is 0 Å². The Morgan fingerprint density at radius 3 is 2.78 bits per heavy atom. The zero-order valence-corrected chi connectivity index (χ0v) is 12.7. The summed E-state index contributed by atoms with van der Waals surface area (Å²) >= 11 is 10.8. The van der Waals surface area contributed by atoms with Crippen molar-refractivity contribution in [2.24, 2.45) is 0 Å². The van der Waals surface area contributed by atoms with Gasteiger partial charge in [0, 0.05) is 21.9 Å². The number of thiophene rings is 1. The molecule has 0 saturated carbocycles. The van der Waals surface area contributed by atoms with Gasteiger partial charge in [-0.2, -0.15) is 0 Å². The first-order valence-corrected chi connectivity index (χ1v) is 7.34. The number of aliphatic hydroxyl groups excluding tert-OH is 1. The van der Waals surface area contributed by atoms with Gasteiger partial charge in [-0.1, -0.05) is 17.7 Å². The molecule has 0 aliphatic rings. The van der Waals surface area contributed by atoms with Crippen molar-refractivity contribution < 1.29 is 9.50 Å². The maximum atomic E-state index is 13.6. The minimum Gasteiger partial charge on any atom is -0.387 e. The average molecular weight is 350 g/mol. The van der Waals surface area contributed by atoms with Crippen molar-refractivity contribution in [1.82, 2.24) is 0 Å². The van der Waals surface area contributed by atoms with Gasteiger partial charge in [-0.15, -0.1) is 11.3 Å². The zero-order chi connectivity index (χ0) is 13.3. The largest absolute Gasteiger partial charge is 0.387 e. The van der Waals surface area contributed by atoms with Crippen LogP contribution in [0.3, 0.4) is 0 Å². The molecule has 96 valence electrons. The Hall–Kier alpha value is -0.420. The highest BCUT2D eigenvalue weighted by molar-refractivity contribution is 9.11. The van der Waals surface area contributed by atoms with Gasteiger partial charge >= 0.3 is 0 Å². The van der Waals surface area contributed by atoms with Crippen molar-refractivity contribution in [2.45, 2.75) is 19.4 Å². The molecule has 5 heteroatoms. The Morgan fingerprint density at radius 2 is 2.22 bits per heavy atom. The Balaban J connectivity index is 2.23. The summed E-state index contributed by atoms with van der Waals surface area (Å²) in [5, 5.41) is 10.5. The first-order valence-electron chi connectivity index (χ1n) is 5.36. The molecule has 1 heterocycles. The second-order valence-electron chi connectivity index (χ2n) is 4.03. The predicted octanol–water partition coefficient (Wildman–Crippen LogP) is 4.89. The van der Waals surface area contributed by atoms with E-state index in [1.165, 1.54) is 17.4 Å². The van der Waals surface area contributed by atoms with Crippen LogP contribution in [0.5, 0.6) is 0 Å². The van der Waals surface area contributed by atoms with Gasteiger partial charge in [0.1, 0.15) is 5.82 Å². The first-order chi connectivity index (χ1) is 8.49. The van der Waals surface area contributed by atoms with Crippen LogP contribution in [0.1, 0.15) is 22.1 Å². The topological polar surface area (TPSA) is 20.2 Å². The Bertz CT molecular complexity index is 530. The van der Waals surface area contributed by atoms with Crippen LogP contribution in [0.15, 0.2) is 28.1 Å². The quantitative estimate of drug-likeness (QED) is 0.836. The molecule has 1 aromatic heterocycles. The van der Waals surface area contributed by atoms with E-state index in [1.807, 2.05) is 13.0 Å². The van der Waals surface area contributed by atoms with Crippen molar-refractivity contribution >= 4 is 38.9 Å². The summed E-state index contributed by atoms with van der Waals surface area (Å²) < 4.78 is 14.6. The molecule has 1 N–H and O–H groups in total.